The standard InChI is InChI=1S/C11H17N3O4S/c1-11(18,3-9(15)16)6-12-10(17)14(2)4-8-5-19-7-13-8/h5,7,18H,3-4,6H2,1-2H3,(H,12,17)(H,15,16). The quantitative estimate of drug-likeness (QED) is 0.707. The lowest BCUT2D eigenvalue weighted by atomic mass is 10.0. The van der Waals surface area contributed by atoms with Crippen LogP contribution in [0.4, 0.5) is 4.79 Å². The van der Waals surface area contributed by atoms with Gasteiger partial charge in [0.05, 0.1) is 29.8 Å². The van der Waals surface area contributed by atoms with Gasteiger partial charge in [-0.2, -0.15) is 0 Å². The molecule has 19 heavy (non-hydrogen) atoms. The molecule has 0 radical (unpaired) electrons. The molecule has 8 heteroatoms. The van der Waals surface area contributed by atoms with E-state index >= 15 is 0 Å². The van der Waals surface area contributed by atoms with Crippen molar-refractivity contribution in [1.82, 2.24) is 15.2 Å². The fourth-order valence-corrected chi connectivity index (χ4v) is 1.97. The maximum absolute atomic E-state index is 11.7. The van der Waals surface area contributed by atoms with Crippen LogP contribution in [0, 0.1) is 0 Å². The van der Waals surface area contributed by atoms with E-state index in [1.165, 1.54) is 23.2 Å². The first-order valence-electron chi connectivity index (χ1n) is 5.60. The zero-order valence-electron chi connectivity index (χ0n) is 10.8. The third kappa shape index (κ3) is 5.66. The number of thiazole rings is 1. The van der Waals surface area contributed by atoms with E-state index < -0.39 is 24.0 Å². The first kappa shape index (κ1) is 15.4. The molecule has 1 heterocycles. The molecule has 0 saturated carbocycles. The molecule has 0 saturated heterocycles. The number of urea groups is 1. The summed E-state index contributed by atoms with van der Waals surface area (Å²) in [5.74, 6) is -1.12. The summed E-state index contributed by atoms with van der Waals surface area (Å²) in [5, 5.41) is 22.7. The van der Waals surface area contributed by atoms with Gasteiger partial charge in [0.15, 0.2) is 0 Å². The number of aromatic nitrogens is 1. The molecule has 0 aliphatic carbocycles. The lowest BCUT2D eigenvalue weighted by Gasteiger charge is -2.24. The Morgan fingerprint density at radius 3 is 2.79 bits per heavy atom. The van der Waals surface area contributed by atoms with E-state index in [9.17, 15) is 14.7 Å². The monoisotopic (exact) mass is 287 g/mol. The molecular formula is C11H17N3O4S. The van der Waals surface area contributed by atoms with Crippen molar-refractivity contribution in [3.05, 3.63) is 16.6 Å². The number of rotatable bonds is 6. The van der Waals surface area contributed by atoms with Gasteiger partial charge in [0.25, 0.3) is 0 Å². The second kappa shape index (κ2) is 6.48. The molecule has 1 aromatic rings. The fraction of sp³-hybridized carbons (Fsp3) is 0.545. The SMILES string of the molecule is CN(Cc1cscn1)C(=O)NCC(C)(O)CC(=O)O. The van der Waals surface area contributed by atoms with E-state index in [-0.39, 0.29) is 6.54 Å². The van der Waals surface area contributed by atoms with Gasteiger partial charge in [-0.3, -0.25) is 4.79 Å². The molecule has 7 nitrogen and oxygen atoms in total. The van der Waals surface area contributed by atoms with Gasteiger partial charge in [0, 0.05) is 19.0 Å². The minimum absolute atomic E-state index is 0.125. The molecule has 3 N–H and O–H groups in total. The van der Waals surface area contributed by atoms with Crippen molar-refractivity contribution in [2.45, 2.75) is 25.5 Å². The Morgan fingerprint density at radius 2 is 2.26 bits per heavy atom. The number of carboxylic acids is 1. The highest BCUT2D eigenvalue weighted by Gasteiger charge is 2.25. The van der Waals surface area contributed by atoms with Crippen molar-refractivity contribution < 1.29 is 19.8 Å². The lowest BCUT2D eigenvalue weighted by Crippen LogP contribution is -2.46. The first-order valence-corrected chi connectivity index (χ1v) is 6.54. The highest BCUT2D eigenvalue weighted by molar-refractivity contribution is 7.07. The highest BCUT2D eigenvalue weighted by Crippen LogP contribution is 2.08. The third-order valence-corrected chi connectivity index (χ3v) is 3.02. The second-order valence-corrected chi connectivity index (χ2v) is 5.28. The summed E-state index contributed by atoms with van der Waals surface area (Å²) in [7, 11) is 1.60. The lowest BCUT2D eigenvalue weighted by molar-refractivity contribution is -0.141. The summed E-state index contributed by atoms with van der Waals surface area (Å²) in [4.78, 5) is 27.7. The van der Waals surface area contributed by atoms with Crippen molar-refractivity contribution >= 4 is 23.3 Å². The van der Waals surface area contributed by atoms with Crippen LogP contribution in [0.5, 0.6) is 0 Å². The number of aliphatic hydroxyl groups is 1. The molecule has 1 aromatic heterocycles. The van der Waals surface area contributed by atoms with E-state index in [2.05, 4.69) is 10.3 Å². The molecule has 1 unspecified atom stereocenters. The van der Waals surface area contributed by atoms with Crippen molar-refractivity contribution in [3.63, 3.8) is 0 Å². The minimum Gasteiger partial charge on any atom is -0.481 e. The zero-order valence-corrected chi connectivity index (χ0v) is 11.6. The fourth-order valence-electron chi connectivity index (χ4n) is 1.42. The summed E-state index contributed by atoms with van der Waals surface area (Å²) < 4.78 is 0. The van der Waals surface area contributed by atoms with Gasteiger partial charge in [-0.1, -0.05) is 0 Å². The van der Waals surface area contributed by atoms with Crippen LogP contribution in [0.1, 0.15) is 19.0 Å². The number of nitrogens with zero attached hydrogens (tertiary/aromatic N) is 2. The van der Waals surface area contributed by atoms with Gasteiger partial charge in [0.1, 0.15) is 0 Å². The Balaban J connectivity index is 2.40. The van der Waals surface area contributed by atoms with E-state index in [1.807, 2.05) is 5.38 Å². The molecule has 0 fully saturated rings. The number of hydrogen-bond acceptors (Lipinski definition) is 5. The largest absolute Gasteiger partial charge is 0.481 e. The van der Waals surface area contributed by atoms with Crippen molar-refractivity contribution in [1.29, 1.82) is 0 Å². The van der Waals surface area contributed by atoms with Crippen LogP contribution >= 0.6 is 11.3 Å². The van der Waals surface area contributed by atoms with Crippen LogP contribution < -0.4 is 5.32 Å². The molecule has 0 aromatic carbocycles. The Morgan fingerprint density at radius 1 is 1.58 bits per heavy atom. The number of hydrogen-bond donors (Lipinski definition) is 3. The topological polar surface area (TPSA) is 103 Å². The smallest absolute Gasteiger partial charge is 0.317 e. The van der Waals surface area contributed by atoms with Crippen LogP contribution in [-0.4, -0.2) is 51.3 Å². The molecule has 1 rings (SSSR count). The van der Waals surface area contributed by atoms with Crippen molar-refractivity contribution in [2.24, 2.45) is 0 Å². The number of nitrogens with one attached hydrogen (secondary N) is 1. The Kier molecular flexibility index (Phi) is 5.25. The summed E-state index contributed by atoms with van der Waals surface area (Å²) in [6.45, 7) is 1.60. The summed E-state index contributed by atoms with van der Waals surface area (Å²) in [5.41, 5.74) is 0.988. The van der Waals surface area contributed by atoms with Gasteiger partial charge in [-0.05, 0) is 6.92 Å². The van der Waals surface area contributed by atoms with Crippen molar-refractivity contribution in [3.8, 4) is 0 Å². The normalized spacial score (nSPS) is 13.6. The predicted octanol–water partition coefficient (Wildman–Crippen LogP) is 0.510. The van der Waals surface area contributed by atoms with Gasteiger partial charge in [-0.25, -0.2) is 9.78 Å². The molecule has 0 aliphatic rings. The predicted molar refractivity (Wildman–Crippen MR) is 69.9 cm³/mol. The Labute approximate surface area is 114 Å². The molecule has 0 spiro atoms. The average Bonchev–Trinajstić information content (AvgIpc) is 2.76. The summed E-state index contributed by atoms with van der Waals surface area (Å²) in [6, 6.07) is -0.390. The van der Waals surface area contributed by atoms with Crippen molar-refractivity contribution in [2.75, 3.05) is 13.6 Å². The van der Waals surface area contributed by atoms with Gasteiger partial charge in [0.2, 0.25) is 0 Å². The van der Waals surface area contributed by atoms with Gasteiger partial charge >= 0.3 is 12.0 Å². The van der Waals surface area contributed by atoms with Gasteiger partial charge < -0.3 is 20.4 Å². The second-order valence-electron chi connectivity index (χ2n) is 4.56. The molecule has 0 bridgehead atoms. The molecule has 1 atom stereocenters. The van der Waals surface area contributed by atoms with Crippen LogP contribution in [0.25, 0.3) is 0 Å². The molecule has 0 aliphatic heterocycles. The summed E-state index contributed by atoms with van der Waals surface area (Å²) in [6.07, 6.45) is -0.427. The van der Waals surface area contributed by atoms with E-state index in [4.69, 9.17) is 5.11 Å². The van der Waals surface area contributed by atoms with E-state index in [1.54, 1.807) is 12.6 Å². The van der Waals surface area contributed by atoms with Crippen LogP contribution in [0.15, 0.2) is 10.9 Å². The Hall–Kier alpha value is -1.67. The number of aliphatic carboxylic acids is 1. The number of carbonyl (C=O) groups is 2. The van der Waals surface area contributed by atoms with Crippen LogP contribution in [-0.2, 0) is 11.3 Å². The van der Waals surface area contributed by atoms with Gasteiger partial charge in [-0.15, -0.1) is 11.3 Å². The molecule has 106 valence electrons. The Bertz CT molecular complexity index is 433. The maximum Gasteiger partial charge on any atom is 0.317 e. The molecular weight excluding hydrogens is 270 g/mol. The third-order valence-electron chi connectivity index (χ3n) is 2.38. The first-order chi connectivity index (χ1) is 8.80. The number of amides is 2. The van der Waals surface area contributed by atoms with E-state index in [0.29, 0.717) is 6.54 Å². The highest BCUT2D eigenvalue weighted by atomic mass is 32.1. The van der Waals surface area contributed by atoms with E-state index in [0.717, 1.165) is 5.69 Å². The number of carboxylic acid groups (broad SMARTS) is 1. The minimum atomic E-state index is -1.47. The molecule has 2 amide bonds. The van der Waals surface area contributed by atoms with Crippen LogP contribution in [0.3, 0.4) is 0 Å². The zero-order chi connectivity index (χ0) is 14.5. The number of carbonyl (C=O) groups excluding carboxylic acids is 1. The summed E-state index contributed by atoms with van der Waals surface area (Å²) >= 11 is 1.44. The van der Waals surface area contributed by atoms with Crippen LogP contribution in [0.2, 0.25) is 0 Å². The maximum atomic E-state index is 11.7. The average molecular weight is 287 g/mol.